The SMILES string of the molecule is S=C(S)N1CCCCCCCCCCCC1. The minimum absolute atomic E-state index is 0.787. The quantitative estimate of drug-likeness (QED) is 0.507. The van der Waals surface area contributed by atoms with Crippen LogP contribution in [-0.4, -0.2) is 22.3 Å². The molecule has 0 aromatic rings. The van der Waals surface area contributed by atoms with Gasteiger partial charge < -0.3 is 4.90 Å². The fourth-order valence-electron chi connectivity index (χ4n) is 2.32. The van der Waals surface area contributed by atoms with Crippen molar-refractivity contribution in [2.75, 3.05) is 13.1 Å². The Morgan fingerprint density at radius 2 is 1.00 bits per heavy atom. The molecule has 0 amide bonds. The maximum Gasteiger partial charge on any atom is 0.133 e. The monoisotopic (exact) mass is 259 g/mol. The van der Waals surface area contributed by atoms with Crippen LogP contribution < -0.4 is 0 Å². The molecule has 0 atom stereocenters. The van der Waals surface area contributed by atoms with Crippen LogP contribution in [0.15, 0.2) is 0 Å². The smallest absolute Gasteiger partial charge is 0.133 e. The lowest BCUT2D eigenvalue weighted by atomic mass is 10.1. The van der Waals surface area contributed by atoms with Crippen molar-refractivity contribution < 1.29 is 0 Å². The lowest BCUT2D eigenvalue weighted by Crippen LogP contribution is -2.28. The van der Waals surface area contributed by atoms with Crippen molar-refractivity contribution >= 4 is 29.2 Å². The molecule has 0 aromatic carbocycles. The average molecular weight is 259 g/mol. The Bertz CT molecular complexity index is 180. The first-order chi connectivity index (χ1) is 7.80. The third-order valence-electron chi connectivity index (χ3n) is 3.38. The maximum absolute atomic E-state index is 5.18. The van der Waals surface area contributed by atoms with Crippen LogP contribution in [-0.2, 0) is 0 Å². The number of thiol groups is 1. The fraction of sp³-hybridized carbons (Fsp3) is 0.923. The zero-order chi connectivity index (χ0) is 11.6. The molecule has 1 aliphatic rings. The summed E-state index contributed by atoms with van der Waals surface area (Å²) in [6.45, 7) is 2.23. The second kappa shape index (κ2) is 9.29. The predicted octanol–water partition coefficient (Wildman–Crippen LogP) is 4.42. The first kappa shape index (κ1) is 14.3. The summed E-state index contributed by atoms with van der Waals surface area (Å²) in [7, 11) is 0. The van der Waals surface area contributed by atoms with Crippen LogP contribution >= 0.6 is 24.8 Å². The minimum Gasteiger partial charge on any atom is -0.358 e. The molecule has 94 valence electrons. The average Bonchev–Trinajstić information content (AvgIpc) is 2.28. The van der Waals surface area contributed by atoms with Crippen molar-refractivity contribution in [3.8, 4) is 0 Å². The largest absolute Gasteiger partial charge is 0.358 e. The van der Waals surface area contributed by atoms with Crippen LogP contribution in [0.25, 0.3) is 0 Å². The van der Waals surface area contributed by atoms with Gasteiger partial charge in [-0.2, -0.15) is 0 Å². The highest BCUT2D eigenvalue weighted by Crippen LogP contribution is 2.13. The van der Waals surface area contributed by atoms with Gasteiger partial charge in [-0.25, -0.2) is 0 Å². The van der Waals surface area contributed by atoms with Crippen LogP contribution in [0.2, 0.25) is 0 Å². The van der Waals surface area contributed by atoms with E-state index in [4.69, 9.17) is 12.2 Å². The van der Waals surface area contributed by atoms with Crippen LogP contribution in [0.5, 0.6) is 0 Å². The van der Waals surface area contributed by atoms with E-state index in [9.17, 15) is 0 Å². The molecule has 1 fully saturated rings. The molecule has 16 heavy (non-hydrogen) atoms. The summed E-state index contributed by atoms with van der Waals surface area (Å²) in [6, 6.07) is 0. The van der Waals surface area contributed by atoms with E-state index >= 15 is 0 Å². The predicted molar refractivity (Wildman–Crippen MR) is 79.3 cm³/mol. The highest BCUT2D eigenvalue weighted by molar-refractivity contribution is 8.10. The fourth-order valence-corrected chi connectivity index (χ4v) is 2.71. The summed E-state index contributed by atoms with van der Waals surface area (Å²) >= 11 is 9.49. The van der Waals surface area contributed by atoms with Gasteiger partial charge in [-0.15, -0.1) is 12.6 Å². The zero-order valence-corrected chi connectivity index (χ0v) is 12.0. The standard InChI is InChI=1S/C13H25NS2/c15-13(16)14-11-9-7-5-3-1-2-4-6-8-10-12-14/h1-12H2,(H,15,16). The van der Waals surface area contributed by atoms with Gasteiger partial charge in [-0.3, -0.25) is 0 Å². The van der Waals surface area contributed by atoms with Crippen molar-refractivity contribution in [3.63, 3.8) is 0 Å². The van der Waals surface area contributed by atoms with Crippen LogP contribution in [0.3, 0.4) is 0 Å². The second-order valence-electron chi connectivity index (χ2n) is 4.81. The van der Waals surface area contributed by atoms with Gasteiger partial charge in [0.15, 0.2) is 0 Å². The third kappa shape index (κ3) is 6.74. The second-order valence-corrected chi connectivity index (χ2v) is 5.92. The molecule has 0 spiro atoms. The van der Waals surface area contributed by atoms with Crippen molar-refractivity contribution in [1.82, 2.24) is 4.90 Å². The number of hydrogen-bond acceptors (Lipinski definition) is 1. The van der Waals surface area contributed by atoms with Crippen molar-refractivity contribution in [1.29, 1.82) is 0 Å². The Balaban J connectivity index is 2.29. The molecular formula is C13H25NS2. The van der Waals surface area contributed by atoms with Gasteiger partial charge >= 0.3 is 0 Å². The molecular weight excluding hydrogens is 234 g/mol. The van der Waals surface area contributed by atoms with Gasteiger partial charge in [0.05, 0.1) is 0 Å². The van der Waals surface area contributed by atoms with Crippen LogP contribution in [0.1, 0.15) is 64.2 Å². The summed E-state index contributed by atoms with van der Waals surface area (Å²) in [5, 5.41) is 0. The molecule has 1 heterocycles. The van der Waals surface area contributed by atoms with E-state index in [1.165, 1.54) is 64.2 Å². The molecule has 1 aliphatic heterocycles. The van der Waals surface area contributed by atoms with Gasteiger partial charge in [0.1, 0.15) is 4.32 Å². The third-order valence-corrected chi connectivity index (χ3v) is 3.92. The first-order valence-corrected chi connectivity index (χ1v) is 7.64. The molecule has 1 nitrogen and oxygen atoms in total. The van der Waals surface area contributed by atoms with Crippen molar-refractivity contribution in [3.05, 3.63) is 0 Å². The van der Waals surface area contributed by atoms with Crippen molar-refractivity contribution in [2.45, 2.75) is 64.2 Å². The Hall–Kier alpha value is 0.240. The molecule has 0 bridgehead atoms. The number of rotatable bonds is 0. The summed E-state index contributed by atoms with van der Waals surface area (Å²) < 4.78 is 0.787. The Morgan fingerprint density at radius 3 is 1.31 bits per heavy atom. The number of nitrogens with zero attached hydrogens (tertiary/aromatic N) is 1. The summed E-state index contributed by atoms with van der Waals surface area (Å²) in [5.74, 6) is 0. The summed E-state index contributed by atoms with van der Waals surface area (Å²) in [4.78, 5) is 2.27. The van der Waals surface area contributed by atoms with E-state index in [1.807, 2.05) is 0 Å². The van der Waals surface area contributed by atoms with E-state index in [1.54, 1.807) is 0 Å². The maximum atomic E-state index is 5.18. The Kier molecular flexibility index (Phi) is 8.30. The van der Waals surface area contributed by atoms with E-state index < -0.39 is 0 Å². The topological polar surface area (TPSA) is 3.24 Å². The normalized spacial score (nSPS) is 21.7. The Labute approximate surface area is 111 Å². The van der Waals surface area contributed by atoms with E-state index in [-0.39, 0.29) is 0 Å². The molecule has 0 radical (unpaired) electrons. The van der Waals surface area contributed by atoms with Crippen molar-refractivity contribution in [2.24, 2.45) is 0 Å². The lowest BCUT2D eigenvalue weighted by molar-refractivity contribution is 0.400. The molecule has 0 aromatic heterocycles. The first-order valence-electron chi connectivity index (χ1n) is 6.78. The number of thiocarbonyl (C=S) groups is 1. The van der Waals surface area contributed by atoms with Gasteiger partial charge in [-0.1, -0.05) is 63.6 Å². The summed E-state index contributed by atoms with van der Waals surface area (Å²) in [5.41, 5.74) is 0. The molecule has 0 unspecified atom stereocenters. The molecule has 0 N–H and O–H groups in total. The van der Waals surface area contributed by atoms with Crippen LogP contribution in [0.4, 0.5) is 0 Å². The molecule has 1 saturated heterocycles. The highest BCUT2D eigenvalue weighted by Gasteiger charge is 2.06. The minimum atomic E-state index is 0.787. The van der Waals surface area contributed by atoms with Gasteiger partial charge in [0.2, 0.25) is 0 Å². The molecule has 0 saturated carbocycles. The van der Waals surface area contributed by atoms with Gasteiger partial charge in [0.25, 0.3) is 0 Å². The lowest BCUT2D eigenvalue weighted by Gasteiger charge is -2.22. The summed E-state index contributed by atoms with van der Waals surface area (Å²) in [6.07, 6.45) is 13.8. The van der Waals surface area contributed by atoms with Gasteiger partial charge in [-0.05, 0) is 12.8 Å². The van der Waals surface area contributed by atoms with Gasteiger partial charge in [0, 0.05) is 13.1 Å². The molecule has 1 rings (SSSR count). The van der Waals surface area contributed by atoms with E-state index in [0.29, 0.717) is 0 Å². The zero-order valence-electron chi connectivity index (χ0n) is 10.3. The van der Waals surface area contributed by atoms with E-state index in [0.717, 1.165) is 17.4 Å². The van der Waals surface area contributed by atoms with Crippen LogP contribution in [0, 0.1) is 0 Å². The van der Waals surface area contributed by atoms with E-state index in [2.05, 4.69) is 17.5 Å². The Morgan fingerprint density at radius 1 is 0.688 bits per heavy atom. The molecule has 3 heteroatoms. The highest BCUT2D eigenvalue weighted by atomic mass is 32.1. The number of hydrogen-bond donors (Lipinski definition) is 1. The molecule has 0 aliphatic carbocycles.